The lowest BCUT2D eigenvalue weighted by atomic mass is 10.1. The topological polar surface area (TPSA) is 57.3 Å². The molecule has 0 unspecified atom stereocenters. The van der Waals surface area contributed by atoms with Crippen molar-refractivity contribution in [2.24, 2.45) is 0 Å². The SMILES string of the molecule is Cc1cccc(-c2ccn(-c3cc(N4CCOCC4)c4c(n3)c(I)cn4COCC[Si](C)(C)C)n2)c1. The highest BCUT2D eigenvalue weighted by Gasteiger charge is 2.22. The molecule has 5 rings (SSSR count). The monoisotopic (exact) mass is 615 g/mol. The number of benzene rings is 1. The maximum absolute atomic E-state index is 6.14. The molecule has 0 N–H and O–H groups in total. The minimum atomic E-state index is -1.13. The zero-order valence-electron chi connectivity index (χ0n) is 21.5. The van der Waals surface area contributed by atoms with Crippen molar-refractivity contribution in [2.75, 3.05) is 37.8 Å². The van der Waals surface area contributed by atoms with E-state index in [1.54, 1.807) is 0 Å². The Morgan fingerprint density at radius 2 is 1.92 bits per heavy atom. The second-order valence-electron chi connectivity index (χ2n) is 10.6. The molecule has 0 amide bonds. The largest absolute Gasteiger partial charge is 0.378 e. The zero-order chi connectivity index (χ0) is 25.3. The maximum atomic E-state index is 6.14. The predicted octanol–water partition coefficient (Wildman–Crippen LogP) is 5.95. The fourth-order valence-corrected chi connectivity index (χ4v) is 5.91. The Hall–Kier alpha value is -2.21. The first kappa shape index (κ1) is 25.4. The standard InChI is InChI=1S/C27H34IN5O2Si/c1-20-6-5-7-21(16-20)23-8-9-33(30-23)25-17-24(31-10-12-34-13-11-31)27-26(29-25)22(28)18-32(27)19-35-14-15-36(2,3)4/h5-9,16-18H,10-15,19H2,1-4H3. The van der Waals surface area contributed by atoms with Gasteiger partial charge in [-0.15, -0.1) is 0 Å². The van der Waals surface area contributed by atoms with E-state index in [1.807, 2.05) is 10.9 Å². The van der Waals surface area contributed by atoms with Crippen LogP contribution < -0.4 is 4.90 Å². The van der Waals surface area contributed by atoms with Gasteiger partial charge in [0.05, 0.1) is 33.7 Å². The molecule has 3 aromatic heterocycles. The van der Waals surface area contributed by atoms with E-state index in [2.05, 4.69) is 101 Å². The number of rotatable bonds is 8. The van der Waals surface area contributed by atoms with E-state index in [9.17, 15) is 0 Å². The molecule has 9 heteroatoms. The lowest BCUT2D eigenvalue weighted by molar-refractivity contribution is 0.0901. The van der Waals surface area contributed by atoms with E-state index in [0.29, 0.717) is 6.73 Å². The average molecular weight is 616 g/mol. The summed E-state index contributed by atoms with van der Waals surface area (Å²) in [6.07, 6.45) is 4.15. The van der Waals surface area contributed by atoms with Gasteiger partial charge in [0, 0.05) is 51.8 Å². The summed E-state index contributed by atoms with van der Waals surface area (Å²) in [5, 5.41) is 4.89. The Kier molecular flexibility index (Phi) is 7.52. The highest BCUT2D eigenvalue weighted by atomic mass is 127. The van der Waals surface area contributed by atoms with Crippen LogP contribution in [-0.4, -0.2) is 60.3 Å². The van der Waals surface area contributed by atoms with Crippen molar-refractivity contribution >= 4 is 47.4 Å². The Balaban J connectivity index is 1.52. The van der Waals surface area contributed by atoms with Crippen LogP contribution in [0, 0.1) is 10.5 Å². The molecule has 1 aliphatic heterocycles. The molecular weight excluding hydrogens is 581 g/mol. The van der Waals surface area contributed by atoms with E-state index < -0.39 is 8.07 Å². The number of anilines is 1. The van der Waals surface area contributed by atoms with Gasteiger partial charge in [0.1, 0.15) is 12.2 Å². The number of hydrogen-bond acceptors (Lipinski definition) is 5. The van der Waals surface area contributed by atoms with Gasteiger partial charge >= 0.3 is 0 Å². The van der Waals surface area contributed by atoms with Crippen LogP contribution in [0.15, 0.2) is 48.8 Å². The first-order valence-electron chi connectivity index (χ1n) is 12.5. The van der Waals surface area contributed by atoms with Crippen molar-refractivity contribution in [3.8, 4) is 17.1 Å². The van der Waals surface area contributed by atoms with E-state index in [4.69, 9.17) is 19.6 Å². The van der Waals surface area contributed by atoms with Gasteiger partial charge in [-0.25, -0.2) is 9.67 Å². The second-order valence-corrected chi connectivity index (χ2v) is 17.4. The smallest absolute Gasteiger partial charge is 0.156 e. The van der Waals surface area contributed by atoms with Gasteiger partial charge in [-0.3, -0.25) is 0 Å². The van der Waals surface area contributed by atoms with Crippen molar-refractivity contribution in [1.82, 2.24) is 19.3 Å². The quantitative estimate of drug-likeness (QED) is 0.139. The number of morpholine rings is 1. The van der Waals surface area contributed by atoms with Crippen LogP contribution in [0.3, 0.4) is 0 Å². The number of pyridine rings is 1. The van der Waals surface area contributed by atoms with Crippen LogP contribution in [0.4, 0.5) is 5.69 Å². The highest BCUT2D eigenvalue weighted by molar-refractivity contribution is 14.1. The van der Waals surface area contributed by atoms with Crippen molar-refractivity contribution < 1.29 is 9.47 Å². The van der Waals surface area contributed by atoms with Crippen LogP contribution in [0.2, 0.25) is 25.7 Å². The molecule has 1 saturated heterocycles. The predicted molar refractivity (Wildman–Crippen MR) is 157 cm³/mol. The van der Waals surface area contributed by atoms with Crippen molar-refractivity contribution in [2.45, 2.75) is 39.3 Å². The number of nitrogens with zero attached hydrogens (tertiary/aromatic N) is 5. The summed E-state index contributed by atoms with van der Waals surface area (Å²) in [7, 11) is -1.13. The first-order chi connectivity index (χ1) is 17.3. The maximum Gasteiger partial charge on any atom is 0.156 e. The molecule has 1 aliphatic rings. The minimum absolute atomic E-state index is 0.529. The summed E-state index contributed by atoms with van der Waals surface area (Å²) < 4.78 is 17.0. The van der Waals surface area contributed by atoms with Gasteiger partial charge in [0.2, 0.25) is 0 Å². The molecule has 190 valence electrons. The van der Waals surface area contributed by atoms with Gasteiger partial charge in [-0.05, 0) is 47.7 Å². The van der Waals surface area contributed by atoms with Crippen LogP contribution in [0.25, 0.3) is 28.1 Å². The van der Waals surface area contributed by atoms with Gasteiger partial charge in [-0.1, -0.05) is 43.4 Å². The van der Waals surface area contributed by atoms with E-state index in [-0.39, 0.29) is 0 Å². The molecule has 0 radical (unpaired) electrons. The summed E-state index contributed by atoms with van der Waals surface area (Å²) >= 11 is 2.39. The number of hydrogen-bond donors (Lipinski definition) is 0. The molecular formula is C27H34IN5O2Si. The van der Waals surface area contributed by atoms with Crippen LogP contribution in [0.5, 0.6) is 0 Å². The number of fused-ring (bicyclic) bond motifs is 1. The van der Waals surface area contributed by atoms with Gasteiger partial charge in [0.15, 0.2) is 5.82 Å². The van der Waals surface area contributed by atoms with Crippen molar-refractivity contribution in [1.29, 1.82) is 0 Å². The minimum Gasteiger partial charge on any atom is -0.378 e. The average Bonchev–Trinajstić information content (AvgIpc) is 3.47. The molecule has 0 atom stereocenters. The highest BCUT2D eigenvalue weighted by Crippen LogP contribution is 2.33. The lowest BCUT2D eigenvalue weighted by Gasteiger charge is -2.30. The lowest BCUT2D eigenvalue weighted by Crippen LogP contribution is -2.36. The molecule has 0 spiro atoms. The summed E-state index contributed by atoms with van der Waals surface area (Å²) in [6.45, 7) is 13.7. The second kappa shape index (κ2) is 10.6. The fraction of sp³-hybridized carbons (Fsp3) is 0.407. The number of aromatic nitrogens is 4. The zero-order valence-corrected chi connectivity index (χ0v) is 24.7. The molecule has 4 heterocycles. The summed E-state index contributed by atoms with van der Waals surface area (Å²) in [5.41, 5.74) is 6.53. The van der Waals surface area contributed by atoms with Crippen molar-refractivity contribution in [3.63, 3.8) is 0 Å². The molecule has 1 fully saturated rings. The molecule has 7 nitrogen and oxygen atoms in total. The van der Waals surface area contributed by atoms with Gasteiger partial charge < -0.3 is 18.9 Å². The molecule has 1 aromatic carbocycles. The van der Waals surface area contributed by atoms with E-state index in [1.165, 1.54) is 5.56 Å². The van der Waals surface area contributed by atoms with E-state index >= 15 is 0 Å². The molecule has 0 aliphatic carbocycles. The fourth-order valence-electron chi connectivity index (χ4n) is 4.44. The number of aryl methyl sites for hydroxylation is 1. The summed E-state index contributed by atoms with van der Waals surface area (Å²) in [4.78, 5) is 7.48. The van der Waals surface area contributed by atoms with Crippen molar-refractivity contribution in [3.05, 3.63) is 57.9 Å². The third-order valence-corrected chi connectivity index (χ3v) is 8.95. The number of halogens is 1. The molecule has 0 bridgehead atoms. The Morgan fingerprint density at radius 3 is 2.67 bits per heavy atom. The third kappa shape index (κ3) is 5.69. The Labute approximate surface area is 227 Å². The molecule has 36 heavy (non-hydrogen) atoms. The first-order valence-corrected chi connectivity index (χ1v) is 17.3. The summed E-state index contributed by atoms with van der Waals surface area (Å²) in [6, 6.07) is 13.8. The van der Waals surface area contributed by atoms with Crippen LogP contribution in [0.1, 0.15) is 5.56 Å². The van der Waals surface area contributed by atoms with E-state index in [0.717, 1.165) is 76.3 Å². The van der Waals surface area contributed by atoms with Gasteiger partial charge in [0.25, 0.3) is 0 Å². The van der Waals surface area contributed by atoms with Crippen LogP contribution >= 0.6 is 22.6 Å². The molecule has 0 saturated carbocycles. The Morgan fingerprint density at radius 1 is 1.11 bits per heavy atom. The van der Waals surface area contributed by atoms with Crippen LogP contribution in [-0.2, 0) is 16.2 Å². The van der Waals surface area contributed by atoms with Gasteiger partial charge in [-0.2, -0.15) is 5.10 Å². The normalized spacial score (nSPS) is 14.6. The molecule has 4 aromatic rings. The Bertz CT molecular complexity index is 1350. The summed E-state index contributed by atoms with van der Waals surface area (Å²) in [5.74, 6) is 0.818. The number of ether oxygens (including phenoxy) is 2. The third-order valence-electron chi connectivity index (χ3n) is 6.46.